The molecule has 3 rings (SSSR count). The van der Waals surface area contributed by atoms with Gasteiger partial charge in [0, 0.05) is 18.4 Å². The number of hydrogen-bond acceptors (Lipinski definition) is 5. The minimum Gasteiger partial charge on any atom is -0.444 e. The predicted molar refractivity (Wildman–Crippen MR) is 83.7 cm³/mol. The molecule has 1 aromatic rings. The van der Waals surface area contributed by atoms with Gasteiger partial charge in [-0.25, -0.2) is 9.78 Å². The molecule has 23 heavy (non-hydrogen) atoms. The maximum atomic E-state index is 12.1. The molecule has 3 amide bonds. The highest BCUT2D eigenvalue weighted by molar-refractivity contribution is 6.06. The van der Waals surface area contributed by atoms with Crippen LogP contribution in [0.15, 0.2) is 10.6 Å². The van der Waals surface area contributed by atoms with Gasteiger partial charge in [-0.3, -0.25) is 15.0 Å². The summed E-state index contributed by atoms with van der Waals surface area (Å²) in [6.45, 7) is 8.27. The van der Waals surface area contributed by atoms with Crippen molar-refractivity contribution in [3.63, 3.8) is 0 Å². The van der Waals surface area contributed by atoms with Crippen LogP contribution in [-0.4, -0.2) is 40.5 Å². The molecular weight excluding hydrogens is 296 g/mol. The first-order valence-corrected chi connectivity index (χ1v) is 8.19. The summed E-state index contributed by atoms with van der Waals surface area (Å²) in [5.41, 5.74) is -0.824. The van der Waals surface area contributed by atoms with Crippen molar-refractivity contribution >= 4 is 11.9 Å². The van der Waals surface area contributed by atoms with Crippen molar-refractivity contribution in [1.82, 2.24) is 20.5 Å². The van der Waals surface area contributed by atoms with E-state index >= 15 is 0 Å². The van der Waals surface area contributed by atoms with Gasteiger partial charge in [0.1, 0.15) is 11.3 Å². The molecule has 0 saturated carbocycles. The van der Waals surface area contributed by atoms with E-state index in [0.717, 1.165) is 31.7 Å². The lowest BCUT2D eigenvalue weighted by Gasteiger charge is -2.39. The normalized spacial score (nSPS) is 29.0. The van der Waals surface area contributed by atoms with Gasteiger partial charge in [0.05, 0.1) is 12.7 Å². The zero-order chi connectivity index (χ0) is 16.6. The van der Waals surface area contributed by atoms with Crippen molar-refractivity contribution in [2.45, 2.75) is 51.6 Å². The lowest BCUT2D eigenvalue weighted by atomic mass is 9.80. The molecule has 0 aromatic carbocycles. The van der Waals surface area contributed by atoms with Crippen LogP contribution in [0.2, 0.25) is 0 Å². The summed E-state index contributed by atoms with van der Waals surface area (Å²) in [7, 11) is 0. The van der Waals surface area contributed by atoms with Crippen molar-refractivity contribution in [3.05, 3.63) is 17.8 Å². The van der Waals surface area contributed by atoms with Crippen LogP contribution in [0.5, 0.6) is 0 Å². The number of oxazole rings is 1. The number of rotatable bonds is 4. The second-order valence-corrected chi connectivity index (χ2v) is 7.00. The van der Waals surface area contributed by atoms with E-state index in [1.165, 1.54) is 0 Å². The van der Waals surface area contributed by atoms with Crippen molar-refractivity contribution < 1.29 is 14.0 Å². The Balaban J connectivity index is 1.66. The van der Waals surface area contributed by atoms with Gasteiger partial charge < -0.3 is 9.73 Å². The summed E-state index contributed by atoms with van der Waals surface area (Å²) in [6, 6.07) is -0.399. The van der Waals surface area contributed by atoms with Crippen molar-refractivity contribution in [1.29, 1.82) is 0 Å². The largest absolute Gasteiger partial charge is 0.444 e. The van der Waals surface area contributed by atoms with E-state index in [2.05, 4.69) is 34.4 Å². The Labute approximate surface area is 135 Å². The molecule has 0 bridgehead atoms. The molecule has 3 heterocycles. The summed E-state index contributed by atoms with van der Waals surface area (Å²) in [5.74, 6) is 1.78. The van der Waals surface area contributed by atoms with E-state index in [1.54, 1.807) is 6.20 Å². The smallest absolute Gasteiger partial charge is 0.322 e. The quantitative estimate of drug-likeness (QED) is 0.823. The first-order valence-electron chi connectivity index (χ1n) is 8.19. The fourth-order valence-corrected chi connectivity index (χ4v) is 3.37. The van der Waals surface area contributed by atoms with Crippen LogP contribution in [-0.2, 0) is 11.3 Å². The maximum Gasteiger partial charge on any atom is 0.322 e. The second-order valence-electron chi connectivity index (χ2n) is 7.00. The molecule has 126 valence electrons. The molecule has 0 radical (unpaired) electrons. The number of imide groups is 1. The van der Waals surface area contributed by atoms with Gasteiger partial charge in [-0.1, -0.05) is 13.8 Å². The summed E-state index contributed by atoms with van der Waals surface area (Å²) >= 11 is 0. The molecule has 1 aromatic heterocycles. The number of likely N-dealkylation sites (tertiary alicyclic amines) is 1. The van der Waals surface area contributed by atoms with Crippen LogP contribution in [0.3, 0.4) is 0 Å². The molecule has 2 N–H and O–H groups in total. The summed E-state index contributed by atoms with van der Waals surface area (Å²) in [4.78, 5) is 30.2. The summed E-state index contributed by atoms with van der Waals surface area (Å²) in [5, 5.41) is 5.13. The molecule has 2 saturated heterocycles. The standard InChI is InChI=1S/C16H24N4O3/c1-10(2)12-7-17-13(23-12)9-20-6-4-5-11(8-20)16(3)14(21)18-15(22)19-16/h7,10-11H,4-6,8-9H2,1-3H3,(H2,18,19,21,22)/t11-,16-/m1/s1. The minimum atomic E-state index is -0.824. The number of hydrogen-bond donors (Lipinski definition) is 2. The first kappa shape index (κ1) is 16.0. The number of piperidine rings is 1. The van der Waals surface area contributed by atoms with Crippen molar-refractivity contribution in [2.24, 2.45) is 5.92 Å². The zero-order valence-corrected chi connectivity index (χ0v) is 13.9. The van der Waals surface area contributed by atoms with Crippen LogP contribution < -0.4 is 10.6 Å². The Bertz CT molecular complexity index is 612. The molecule has 2 atom stereocenters. The Hall–Kier alpha value is -1.89. The summed E-state index contributed by atoms with van der Waals surface area (Å²) in [6.07, 6.45) is 3.69. The van der Waals surface area contributed by atoms with E-state index in [4.69, 9.17) is 4.42 Å². The van der Waals surface area contributed by atoms with Crippen molar-refractivity contribution in [2.75, 3.05) is 13.1 Å². The van der Waals surface area contributed by atoms with Crippen LogP contribution >= 0.6 is 0 Å². The fraction of sp³-hybridized carbons (Fsp3) is 0.688. The van der Waals surface area contributed by atoms with Crippen LogP contribution in [0, 0.1) is 5.92 Å². The number of nitrogens with zero attached hydrogens (tertiary/aromatic N) is 2. The number of urea groups is 1. The maximum absolute atomic E-state index is 12.1. The minimum absolute atomic E-state index is 0.0854. The highest BCUT2D eigenvalue weighted by Gasteiger charge is 2.48. The topological polar surface area (TPSA) is 87.5 Å². The van der Waals surface area contributed by atoms with Crippen molar-refractivity contribution in [3.8, 4) is 0 Å². The van der Waals surface area contributed by atoms with Gasteiger partial charge in [-0.05, 0) is 26.3 Å². The third kappa shape index (κ3) is 3.10. The van der Waals surface area contributed by atoms with Gasteiger partial charge >= 0.3 is 6.03 Å². The molecule has 7 nitrogen and oxygen atoms in total. The van der Waals surface area contributed by atoms with Crippen LogP contribution in [0.4, 0.5) is 4.79 Å². The van der Waals surface area contributed by atoms with E-state index in [0.29, 0.717) is 18.4 Å². The second kappa shape index (κ2) is 5.96. The highest BCUT2D eigenvalue weighted by Crippen LogP contribution is 2.30. The Kier molecular flexibility index (Phi) is 4.14. The Morgan fingerprint density at radius 3 is 2.87 bits per heavy atom. The molecule has 0 aliphatic carbocycles. The fourth-order valence-electron chi connectivity index (χ4n) is 3.37. The van der Waals surface area contributed by atoms with Gasteiger partial charge in [0.2, 0.25) is 5.89 Å². The van der Waals surface area contributed by atoms with E-state index < -0.39 is 11.6 Å². The summed E-state index contributed by atoms with van der Waals surface area (Å²) < 4.78 is 5.77. The Morgan fingerprint density at radius 1 is 1.48 bits per heavy atom. The number of aromatic nitrogens is 1. The predicted octanol–water partition coefficient (Wildman–Crippen LogP) is 1.61. The van der Waals surface area contributed by atoms with Gasteiger partial charge in [-0.2, -0.15) is 0 Å². The third-order valence-corrected chi connectivity index (χ3v) is 4.89. The zero-order valence-electron chi connectivity index (χ0n) is 13.9. The number of amides is 3. The van der Waals surface area contributed by atoms with E-state index in [-0.39, 0.29) is 11.8 Å². The van der Waals surface area contributed by atoms with Gasteiger partial charge in [-0.15, -0.1) is 0 Å². The van der Waals surface area contributed by atoms with E-state index in [1.807, 2.05) is 6.92 Å². The van der Waals surface area contributed by atoms with Gasteiger partial charge in [0.15, 0.2) is 0 Å². The number of carbonyl (C=O) groups is 2. The molecule has 0 spiro atoms. The first-order chi connectivity index (χ1) is 10.9. The SMILES string of the molecule is CC(C)c1cnc(CN2CCC[C@@H]([C@@]3(C)NC(=O)NC3=O)C2)o1. The molecule has 2 aliphatic heterocycles. The number of nitrogens with one attached hydrogen (secondary N) is 2. The molecule has 7 heteroatoms. The molecule has 2 aliphatic rings. The lowest BCUT2D eigenvalue weighted by molar-refractivity contribution is -0.126. The highest BCUT2D eigenvalue weighted by atomic mass is 16.4. The van der Waals surface area contributed by atoms with Crippen LogP contribution in [0.25, 0.3) is 0 Å². The van der Waals surface area contributed by atoms with E-state index in [9.17, 15) is 9.59 Å². The third-order valence-electron chi connectivity index (χ3n) is 4.89. The molecular formula is C16H24N4O3. The van der Waals surface area contributed by atoms with Crippen LogP contribution in [0.1, 0.15) is 51.2 Å². The molecule has 2 fully saturated rings. The average molecular weight is 320 g/mol. The number of carbonyl (C=O) groups excluding carboxylic acids is 2. The monoisotopic (exact) mass is 320 g/mol. The molecule has 0 unspecified atom stereocenters. The lowest BCUT2D eigenvalue weighted by Crippen LogP contribution is -2.55. The Morgan fingerprint density at radius 2 is 2.26 bits per heavy atom. The van der Waals surface area contributed by atoms with Gasteiger partial charge in [0.25, 0.3) is 5.91 Å². The average Bonchev–Trinajstić information content (AvgIpc) is 3.05.